The highest BCUT2D eigenvalue weighted by molar-refractivity contribution is 5.71. The molecular formula is C68H120O6. The topological polar surface area (TPSA) is 78.9 Å². The monoisotopic (exact) mass is 1030 g/mol. The van der Waals surface area contributed by atoms with Crippen molar-refractivity contribution in [3.8, 4) is 0 Å². The van der Waals surface area contributed by atoms with Crippen LogP contribution in [0, 0.1) is 0 Å². The number of hydrogen-bond acceptors (Lipinski definition) is 6. The Labute approximate surface area is 459 Å². The molecule has 6 heteroatoms. The molecule has 0 aromatic rings. The van der Waals surface area contributed by atoms with Crippen molar-refractivity contribution in [1.82, 2.24) is 0 Å². The summed E-state index contributed by atoms with van der Waals surface area (Å²) in [6, 6.07) is 0. The summed E-state index contributed by atoms with van der Waals surface area (Å²) in [6.45, 7) is 6.52. The van der Waals surface area contributed by atoms with Crippen molar-refractivity contribution in [3.63, 3.8) is 0 Å². The van der Waals surface area contributed by atoms with E-state index >= 15 is 0 Å². The van der Waals surface area contributed by atoms with E-state index in [0.29, 0.717) is 19.3 Å². The van der Waals surface area contributed by atoms with Gasteiger partial charge in [-0.2, -0.15) is 0 Å². The Hall–Kier alpha value is -3.15. The summed E-state index contributed by atoms with van der Waals surface area (Å²) in [5, 5.41) is 0. The van der Waals surface area contributed by atoms with Crippen LogP contribution in [-0.2, 0) is 28.6 Å². The zero-order chi connectivity index (χ0) is 53.6. The van der Waals surface area contributed by atoms with Crippen LogP contribution in [-0.4, -0.2) is 37.2 Å². The summed E-state index contributed by atoms with van der Waals surface area (Å²) in [5.74, 6) is -0.865. The minimum atomic E-state index is -0.775. The van der Waals surface area contributed by atoms with Crippen molar-refractivity contribution in [1.29, 1.82) is 0 Å². The molecule has 0 aliphatic heterocycles. The zero-order valence-electron chi connectivity index (χ0n) is 49.1. The summed E-state index contributed by atoms with van der Waals surface area (Å²) in [6.07, 6.45) is 80.6. The molecule has 6 nitrogen and oxygen atoms in total. The van der Waals surface area contributed by atoms with Crippen LogP contribution < -0.4 is 0 Å². The van der Waals surface area contributed by atoms with Crippen LogP contribution >= 0.6 is 0 Å². The number of carbonyl (C=O) groups excluding carboxylic acids is 3. The minimum absolute atomic E-state index is 0.0732. The van der Waals surface area contributed by atoms with Gasteiger partial charge in [-0.15, -0.1) is 0 Å². The highest BCUT2D eigenvalue weighted by atomic mass is 16.6. The second-order valence-corrected chi connectivity index (χ2v) is 21.3. The number of unbranched alkanes of at least 4 members (excludes halogenated alkanes) is 35. The maximum absolute atomic E-state index is 12.9. The highest BCUT2D eigenvalue weighted by Crippen LogP contribution is 2.17. The van der Waals surface area contributed by atoms with Gasteiger partial charge in [-0.1, -0.05) is 286 Å². The fourth-order valence-electron chi connectivity index (χ4n) is 9.17. The van der Waals surface area contributed by atoms with Crippen molar-refractivity contribution in [2.24, 2.45) is 0 Å². The van der Waals surface area contributed by atoms with E-state index in [2.05, 4.69) is 93.7 Å². The summed E-state index contributed by atoms with van der Waals surface area (Å²) < 4.78 is 16.9. The molecule has 74 heavy (non-hydrogen) atoms. The van der Waals surface area contributed by atoms with Gasteiger partial charge in [0.15, 0.2) is 6.10 Å². The summed E-state index contributed by atoms with van der Waals surface area (Å²) in [4.78, 5) is 38.2. The lowest BCUT2D eigenvalue weighted by atomic mass is 10.0. The quantitative estimate of drug-likeness (QED) is 0.0261. The second kappa shape index (κ2) is 62.4. The Morgan fingerprint density at radius 1 is 0.284 bits per heavy atom. The molecule has 0 heterocycles. The Balaban J connectivity index is 4.20. The normalized spacial score (nSPS) is 12.5. The van der Waals surface area contributed by atoms with Gasteiger partial charge in [-0.25, -0.2) is 0 Å². The fraction of sp³-hybridized carbons (Fsp3) is 0.779. The van der Waals surface area contributed by atoms with E-state index in [1.807, 2.05) is 0 Å². The molecule has 0 saturated heterocycles. The van der Waals surface area contributed by atoms with E-state index in [-0.39, 0.29) is 31.1 Å². The molecule has 0 fully saturated rings. The molecule has 0 saturated carbocycles. The fourth-order valence-corrected chi connectivity index (χ4v) is 9.17. The van der Waals surface area contributed by atoms with Gasteiger partial charge in [0.1, 0.15) is 13.2 Å². The summed E-state index contributed by atoms with van der Waals surface area (Å²) in [7, 11) is 0. The maximum Gasteiger partial charge on any atom is 0.306 e. The molecule has 0 bridgehead atoms. The van der Waals surface area contributed by atoms with Gasteiger partial charge in [0.2, 0.25) is 0 Å². The molecule has 0 N–H and O–H groups in total. The molecule has 0 radical (unpaired) electrons. The smallest absolute Gasteiger partial charge is 0.306 e. The molecular weight excluding hydrogens is 913 g/mol. The lowest BCUT2D eigenvalue weighted by Crippen LogP contribution is -2.30. The third kappa shape index (κ3) is 59.7. The van der Waals surface area contributed by atoms with E-state index < -0.39 is 6.10 Å². The molecule has 0 aliphatic carbocycles. The number of allylic oxidation sites excluding steroid dienone is 12. The largest absolute Gasteiger partial charge is 0.462 e. The maximum atomic E-state index is 12.9. The van der Waals surface area contributed by atoms with Gasteiger partial charge in [-0.05, 0) is 89.9 Å². The van der Waals surface area contributed by atoms with Crippen molar-refractivity contribution in [2.75, 3.05) is 13.2 Å². The first kappa shape index (κ1) is 70.8. The van der Waals surface area contributed by atoms with E-state index in [4.69, 9.17) is 14.2 Å². The van der Waals surface area contributed by atoms with Gasteiger partial charge in [0, 0.05) is 19.3 Å². The van der Waals surface area contributed by atoms with E-state index in [0.717, 1.165) is 89.9 Å². The number of carbonyl (C=O) groups is 3. The Morgan fingerprint density at radius 2 is 0.527 bits per heavy atom. The summed E-state index contributed by atoms with van der Waals surface area (Å²) >= 11 is 0. The second-order valence-electron chi connectivity index (χ2n) is 21.3. The number of esters is 3. The van der Waals surface area contributed by atoms with Gasteiger partial charge in [0.05, 0.1) is 0 Å². The first-order chi connectivity index (χ1) is 36.5. The van der Waals surface area contributed by atoms with E-state index in [1.165, 1.54) is 193 Å². The third-order valence-corrected chi connectivity index (χ3v) is 13.9. The lowest BCUT2D eigenvalue weighted by Gasteiger charge is -2.18. The van der Waals surface area contributed by atoms with Crippen molar-refractivity contribution < 1.29 is 28.6 Å². The molecule has 0 aliphatic rings. The first-order valence-corrected chi connectivity index (χ1v) is 31.9. The average Bonchev–Trinajstić information content (AvgIpc) is 3.40. The molecule has 0 amide bonds. The van der Waals surface area contributed by atoms with Crippen LogP contribution in [0.2, 0.25) is 0 Å². The third-order valence-electron chi connectivity index (χ3n) is 13.9. The van der Waals surface area contributed by atoms with Crippen LogP contribution in [0.15, 0.2) is 72.9 Å². The molecule has 1 unspecified atom stereocenters. The number of hydrogen-bond donors (Lipinski definition) is 0. The van der Waals surface area contributed by atoms with Crippen LogP contribution in [0.25, 0.3) is 0 Å². The molecule has 0 aromatic carbocycles. The Morgan fingerprint density at radius 3 is 0.851 bits per heavy atom. The predicted octanol–water partition coefficient (Wildman–Crippen LogP) is 21.7. The average molecular weight is 1030 g/mol. The number of rotatable bonds is 58. The minimum Gasteiger partial charge on any atom is -0.462 e. The molecule has 1 atom stereocenters. The van der Waals surface area contributed by atoms with Crippen LogP contribution in [0.1, 0.15) is 323 Å². The Kier molecular flexibility index (Phi) is 59.7. The van der Waals surface area contributed by atoms with Crippen molar-refractivity contribution >= 4 is 17.9 Å². The highest BCUT2D eigenvalue weighted by Gasteiger charge is 2.19. The van der Waals surface area contributed by atoms with Gasteiger partial charge >= 0.3 is 17.9 Å². The SMILES string of the molecule is CC/C=C\C/C=C\C/C=C\C/C=C\CCCCCCCCCCCCCCCCC(=O)OCC(COC(=O)CCCCCCCCCCCC)OC(=O)CCCCCCCCCCC/C=C\C/C=C\CCCCC. The van der Waals surface area contributed by atoms with Gasteiger partial charge < -0.3 is 14.2 Å². The molecule has 428 valence electrons. The van der Waals surface area contributed by atoms with Gasteiger partial charge in [0.25, 0.3) is 0 Å². The molecule has 0 aromatic heterocycles. The van der Waals surface area contributed by atoms with E-state index in [9.17, 15) is 14.4 Å². The molecule has 0 spiro atoms. The van der Waals surface area contributed by atoms with Crippen LogP contribution in [0.3, 0.4) is 0 Å². The van der Waals surface area contributed by atoms with Crippen LogP contribution in [0.4, 0.5) is 0 Å². The summed E-state index contributed by atoms with van der Waals surface area (Å²) in [5.41, 5.74) is 0. The lowest BCUT2D eigenvalue weighted by molar-refractivity contribution is -0.167. The van der Waals surface area contributed by atoms with Gasteiger partial charge in [-0.3, -0.25) is 14.4 Å². The van der Waals surface area contributed by atoms with Crippen LogP contribution in [0.5, 0.6) is 0 Å². The number of ether oxygens (including phenoxy) is 3. The standard InChI is InChI=1S/C68H120O6/c1-4-7-10-13-16-19-22-24-26-28-30-31-32-33-34-35-36-37-39-40-42-44-46-49-52-55-58-61-67(70)73-64-65(63-72-66(69)60-57-54-51-48-21-18-15-12-9-6-3)74-68(71)62-59-56-53-50-47-45-43-41-38-29-27-25-23-20-17-14-11-8-5-2/h7,10,16-17,19-20,24-27,30-31,65H,4-6,8-9,11-15,18,21-23,28-29,32-64H2,1-3H3/b10-7-,19-16-,20-17-,26-24-,27-25-,31-30-. The predicted molar refractivity (Wildman–Crippen MR) is 321 cm³/mol. The zero-order valence-corrected chi connectivity index (χ0v) is 49.1. The molecule has 0 rings (SSSR count). The first-order valence-electron chi connectivity index (χ1n) is 31.9. The Bertz CT molecular complexity index is 1370. The van der Waals surface area contributed by atoms with Crippen molar-refractivity contribution in [2.45, 2.75) is 329 Å². The van der Waals surface area contributed by atoms with E-state index in [1.54, 1.807) is 0 Å². The van der Waals surface area contributed by atoms with Crippen molar-refractivity contribution in [3.05, 3.63) is 72.9 Å².